The van der Waals surface area contributed by atoms with Gasteiger partial charge in [0.15, 0.2) is 11.6 Å². The molecule has 1 saturated heterocycles. The highest BCUT2D eigenvalue weighted by molar-refractivity contribution is 7.89. The van der Waals surface area contributed by atoms with Crippen molar-refractivity contribution in [2.24, 2.45) is 0 Å². The Balaban J connectivity index is 1.15. The van der Waals surface area contributed by atoms with Gasteiger partial charge >= 0.3 is 5.69 Å². The molecule has 2 aromatic carbocycles. The lowest BCUT2D eigenvalue weighted by molar-refractivity contribution is 0.102. The zero-order chi connectivity index (χ0) is 36.3. The number of hydrogen-bond acceptors (Lipinski definition) is 9. The van der Waals surface area contributed by atoms with Gasteiger partial charge in [-0.15, -0.1) is 0 Å². The molecule has 0 spiro atoms. The molecule has 2 N–H and O–H groups in total. The fourth-order valence-corrected chi connectivity index (χ4v) is 6.90. The number of ether oxygens (including phenoxy) is 1. The second-order valence-electron chi connectivity index (χ2n) is 12.0. The van der Waals surface area contributed by atoms with Crippen molar-refractivity contribution in [3.05, 3.63) is 123 Å². The quantitative estimate of drug-likeness (QED) is 0.187. The van der Waals surface area contributed by atoms with Gasteiger partial charge in [0.25, 0.3) is 11.5 Å². The molecule has 6 rings (SSSR count). The molecule has 1 aliphatic rings. The maximum Gasteiger partial charge on any atom is 0.335 e. The van der Waals surface area contributed by atoms with Crippen molar-refractivity contribution in [2.45, 2.75) is 44.0 Å². The third-order valence-corrected chi connectivity index (χ3v) is 9.98. The number of sulfonamides is 1. The summed E-state index contributed by atoms with van der Waals surface area (Å²) in [5.41, 5.74) is -1.96. The smallest absolute Gasteiger partial charge is 0.335 e. The van der Waals surface area contributed by atoms with Gasteiger partial charge in [-0.2, -0.15) is 4.31 Å². The first-order valence-electron chi connectivity index (χ1n) is 16.0. The van der Waals surface area contributed by atoms with Crippen molar-refractivity contribution in [3.63, 3.8) is 0 Å². The van der Waals surface area contributed by atoms with Gasteiger partial charge in [-0.3, -0.25) is 14.2 Å². The number of anilines is 3. The first-order chi connectivity index (χ1) is 24.4. The number of piperidine rings is 1. The molecule has 4 heterocycles. The molecular weight excluding hydrogens is 684 g/mol. The normalized spacial score (nSPS) is 13.6. The van der Waals surface area contributed by atoms with Crippen LogP contribution in [0.1, 0.15) is 49.5 Å². The minimum atomic E-state index is -3.63. The molecule has 0 bridgehead atoms. The number of amides is 1. The van der Waals surface area contributed by atoms with E-state index >= 15 is 4.39 Å². The zero-order valence-corrected chi connectivity index (χ0v) is 28.4. The zero-order valence-electron chi connectivity index (χ0n) is 27.5. The highest BCUT2D eigenvalue weighted by Crippen LogP contribution is 2.29. The van der Waals surface area contributed by atoms with Crippen molar-refractivity contribution in [3.8, 4) is 17.2 Å². The van der Waals surface area contributed by atoms with Crippen LogP contribution in [0.2, 0.25) is 0 Å². The van der Waals surface area contributed by atoms with E-state index in [1.165, 1.54) is 69.8 Å². The Kier molecular flexibility index (Phi) is 10.1. The second kappa shape index (κ2) is 14.6. The Morgan fingerprint density at radius 2 is 1.65 bits per heavy atom. The molecule has 0 aliphatic carbocycles. The number of benzene rings is 2. The number of hydrogen-bond donors (Lipinski definition) is 2. The van der Waals surface area contributed by atoms with Crippen molar-refractivity contribution < 1.29 is 26.7 Å². The van der Waals surface area contributed by atoms with E-state index in [-0.39, 0.29) is 27.8 Å². The highest BCUT2D eigenvalue weighted by Gasteiger charge is 2.26. The molecule has 13 nitrogen and oxygen atoms in total. The summed E-state index contributed by atoms with van der Waals surface area (Å²) >= 11 is 0. The van der Waals surface area contributed by atoms with E-state index in [2.05, 4.69) is 20.6 Å². The van der Waals surface area contributed by atoms with E-state index in [4.69, 9.17) is 4.74 Å². The van der Waals surface area contributed by atoms with E-state index in [1.54, 1.807) is 13.8 Å². The molecule has 0 radical (unpaired) electrons. The summed E-state index contributed by atoms with van der Waals surface area (Å²) in [6.07, 6.45) is 6.49. The lowest BCUT2D eigenvalue weighted by Gasteiger charge is -2.25. The fraction of sp³-hybridized carbons (Fsp3) is 0.229. The van der Waals surface area contributed by atoms with Crippen LogP contribution in [0.5, 0.6) is 11.5 Å². The first kappa shape index (κ1) is 35.1. The average Bonchev–Trinajstić information content (AvgIpc) is 3.11. The summed E-state index contributed by atoms with van der Waals surface area (Å²) in [6, 6.07) is 13.9. The van der Waals surface area contributed by atoms with Crippen LogP contribution < -0.4 is 26.6 Å². The third kappa shape index (κ3) is 7.71. The summed E-state index contributed by atoms with van der Waals surface area (Å²) in [5, 5.41) is 5.45. The van der Waals surface area contributed by atoms with Crippen LogP contribution in [-0.2, 0) is 10.0 Å². The number of carbonyl (C=O) groups excluding carboxylic acids is 1. The van der Waals surface area contributed by atoms with Crippen molar-refractivity contribution in [2.75, 3.05) is 23.7 Å². The number of nitrogens with one attached hydrogen (secondary N) is 2. The molecule has 0 atom stereocenters. The van der Waals surface area contributed by atoms with Crippen LogP contribution in [0.3, 0.4) is 0 Å². The van der Waals surface area contributed by atoms with Crippen LogP contribution in [0.25, 0.3) is 5.69 Å². The predicted octanol–water partition coefficient (Wildman–Crippen LogP) is 5.61. The Morgan fingerprint density at radius 3 is 2.31 bits per heavy atom. The summed E-state index contributed by atoms with van der Waals surface area (Å²) in [6.45, 7) is 4.35. The lowest BCUT2D eigenvalue weighted by Crippen LogP contribution is -2.42. The van der Waals surface area contributed by atoms with Gasteiger partial charge in [0.2, 0.25) is 10.0 Å². The van der Waals surface area contributed by atoms with Crippen molar-refractivity contribution >= 4 is 33.3 Å². The molecule has 0 saturated carbocycles. The van der Waals surface area contributed by atoms with E-state index in [9.17, 15) is 27.2 Å². The number of aromatic nitrogens is 4. The number of nitrogens with zero attached hydrogens (tertiary/aromatic N) is 5. The summed E-state index contributed by atoms with van der Waals surface area (Å²) in [7, 11) is -3.63. The largest absolute Gasteiger partial charge is 0.454 e. The number of carbonyl (C=O) groups is 1. The van der Waals surface area contributed by atoms with E-state index in [0.717, 1.165) is 48.2 Å². The minimum Gasteiger partial charge on any atom is -0.454 e. The maximum atomic E-state index is 15.2. The molecule has 1 aliphatic heterocycles. The number of pyridine rings is 2. The average molecular weight is 718 g/mol. The maximum absolute atomic E-state index is 15.2. The van der Waals surface area contributed by atoms with Crippen LogP contribution in [0, 0.1) is 11.6 Å². The Hall–Kier alpha value is -5.74. The van der Waals surface area contributed by atoms with Gasteiger partial charge in [-0.25, -0.2) is 36.5 Å². The lowest BCUT2D eigenvalue weighted by atomic mass is 10.2. The predicted molar refractivity (Wildman–Crippen MR) is 185 cm³/mol. The Bertz CT molecular complexity index is 2310. The van der Waals surface area contributed by atoms with E-state index in [0.29, 0.717) is 24.7 Å². The van der Waals surface area contributed by atoms with Gasteiger partial charge in [0.1, 0.15) is 33.7 Å². The van der Waals surface area contributed by atoms with E-state index < -0.39 is 50.4 Å². The monoisotopic (exact) mass is 717 g/mol. The minimum absolute atomic E-state index is 0.00813. The molecule has 3 aromatic heterocycles. The van der Waals surface area contributed by atoms with Crippen LogP contribution in [0.4, 0.5) is 26.1 Å². The van der Waals surface area contributed by atoms with Gasteiger partial charge in [0.05, 0.1) is 5.69 Å². The van der Waals surface area contributed by atoms with Crippen LogP contribution in [0.15, 0.2) is 99.8 Å². The standard InChI is InChI=1S/C35H33F2N7O6S/c1-22(2)43-21-28(34(46)44(35(43)47)25-9-6-23(36)7-10-25)33(45)40-24-8-12-30(29(37)18-24)50-26-14-15-38-32(19-26)41-31-13-11-27(20-39-31)51(48,49)42-16-4-3-5-17-42/h6-15,18-22H,3-5,16-17H2,1-2H3,(H,40,45)(H,38,39,41). The third-order valence-electron chi connectivity index (χ3n) is 8.09. The number of halogens is 2. The molecule has 0 unspecified atom stereocenters. The summed E-state index contributed by atoms with van der Waals surface area (Å²) in [5.74, 6) is -1.63. The molecule has 51 heavy (non-hydrogen) atoms. The molecule has 5 aromatic rings. The van der Waals surface area contributed by atoms with Crippen LogP contribution in [-0.4, -0.2) is 50.8 Å². The first-order valence-corrected chi connectivity index (χ1v) is 17.5. The number of rotatable bonds is 10. The SMILES string of the molecule is CC(C)n1cc(C(=O)Nc2ccc(Oc3ccnc(Nc4ccc(S(=O)(=O)N5CCCCC5)cn4)c3)c(F)c2)c(=O)n(-c2ccc(F)cc2)c1=O. The molecule has 264 valence electrons. The highest BCUT2D eigenvalue weighted by atomic mass is 32.2. The van der Waals surface area contributed by atoms with Crippen molar-refractivity contribution in [1.29, 1.82) is 0 Å². The summed E-state index contributed by atoms with van der Waals surface area (Å²) < 4.78 is 63.7. The van der Waals surface area contributed by atoms with Crippen molar-refractivity contribution in [1.82, 2.24) is 23.4 Å². The summed E-state index contributed by atoms with van der Waals surface area (Å²) in [4.78, 5) is 48.2. The van der Waals surface area contributed by atoms with Gasteiger partial charge in [-0.1, -0.05) is 6.42 Å². The van der Waals surface area contributed by atoms with Gasteiger partial charge < -0.3 is 15.4 Å². The molecule has 1 amide bonds. The second-order valence-corrected chi connectivity index (χ2v) is 13.9. The molecule has 1 fully saturated rings. The Labute approximate surface area is 291 Å². The Morgan fingerprint density at radius 1 is 0.902 bits per heavy atom. The van der Waals surface area contributed by atoms with Gasteiger partial charge in [0, 0.05) is 55.5 Å². The van der Waals surface area contributed by atoms with Gasteiger partial charge in [-0.05, 0) is 81.3 Å². The fourth-order valence-electron chi connectivity index (χ4n) is 5.44. The van der Waals surface area contributed by atoms with E-state index in [1.807, 2.05) is 0 Å². The molecule has 16 heteroatoms. The topological polar surface area (TPSA) is 158 Å². The molecular formula is C35H33F2N7O6S. The van der Waals surface area contributed by atoms with Crippen LogP contribution >= 0.6 is 0 Å².